The van der Waals surface area contributed by atoms with Crippen LogP contribution in [0, 0.1) is 0 Å². The van der Waals surface area contributed by atoms with E-state index in [0.717, 1.165) is 11.3 Å². The molecule has 1 aromatic heterocycles. The minimum atomic E-state index is -0.301. The Bertz CT molecular complexity index is 1070. The Kier molecular flexibility index (Phi) is 9.34. The van der Waals surface area contributed by atoms with Crippen molar-refractivity contribution in [1.82, 2.24) is 10.3 Å². The Morgan fingerprint density at radius 1 is 1.06 bits per heavy atom. The van der Waals surface area contributed by atoms with Gasteiger partial charge in [0.05, 0.1) is 12.4 Å². The molecule has 0 atom stereocenters. The van der Waals surface area contributed by atoms with Gasteiger partial charge in [0.15, 0.2) is 10.9 Å². The van der Waals surface area contributed by atoms with Crippen LogP contribution in [0.4, 0.5) is 5.00 Å². The molecule has 172 valence electrons. The van der Waals surface area contributed by atoms with Gasteiger partial charge in [-0.15, -0.1) is 6.58 Å². The van der Waals surface area contributed by atoms with Crippen molar-refractivity contribution in [3.8, 4) is 22.8 Å². The van der Waals surface area contributed by atoms with Gasteiger partial charge in [0.2, 0.25) is 5.91 Å². The van der Waals surface area contributed by atoms with Gasteiger partial charge in [0, 0.05) is 12.1 Å². The monoisotopic (exact) mass is 483 g/mol. The van der Waals surface area contributed by atoms with E-state index in [-0.39, 0.29) is 24.2 Å². The zero-order valence-electron chi connectivity index (χ0n) is 18.2. The third-order valence-electron chi connectivity index (χ3n) is 4.18. The van der Waals surface area contributed by atoms with E-state index < -0.39 is 0 Å². The molecule has 1 heterocycles. The Labute approximate surface area is 201 Å². The summed E-state index contributed by atoms with van der Waals surface area (Å²) in [7, 11) is 0. The number of anilines is 1. The highest BCUT2D eigenvalue weighted by molar-refractivity contribution is 8.01. The Hall–Kier alpha value is -3.30. The largest absolute Gasteiger partial charge is 0.494 e. The topological polar surface area (TPSA) is 89.6 Å². The predicted molar refractivity (Wildman–Crippen MR) is 133 cm³/mol. The minimum absolute atomic E-state index is 0.106. The highest BCUT2D eigenvalue weighted by Gasteiger charge is 2.17. The molecular formula is C24H25N3O4S2. The van der Waals surface area contributed by atoms with Crippen molar-refractivity contribution >= 4 is 39.9 Å². The lowest BCUT2D eigenvalue weighted by Gasteiger charge is -2.08. The van der Waals surface area contributed by atoms with E-state index in [9.17, 15) is 9.59 Å². The van der Waals surface area contributed by atoms with Crippen LogP contribution in [0.3, 0.4) is 0 Å². The summed E-state index contributed by atoms with van der Waals surface area (Å²) in [5, 5.41) is 6.24. The van der Waals surface area contributed by atoms with Gasteiger partial charge >= 0.3 is 0 Å². The van der Waals surface area contributed by atoms with Crippen LogP contribution in [-0.4, -0.2) is 42.3 Å². The molecule has 0 spiro atoms. The Balaban J connectivity index is 1.65. The van der Waals surface area contributed by atoms with E-state index in [1.54, 1.807) is 30.3 Å². The maximum absolute atomic E-state index is 12.6. The molecule has 0 bridgehead atoms. The molecule has 0 fully saturated rings. The van der Waals surface area contributed by atoms with Gasteiger partial charge in [-0.25, -0.2) is 4.98 Å². The molecule has 0 saturated carbocycles. The molecule has 0 radical (unpaired) electrons. The molecule has 33 heavy (non-hydrogen) atoms. The van der Waals surface area contributed by atoms with Crippen molar-refractivity contribution in [2.24, 2.45) is 0 Å². The molecule has 0 saturated heterocycles. The standard InChI is InChI=1S/C24H25N3O4S2/c1-3-14-25-21(29)16-32-24-27-22(17-8-6-5-7-9-17)23(33-24)26-20(28)15-31-19-12-10-18(11-13-19)30-4-2/h3,5-13H,1,4,14-16H2,2H3,(H,25,29)(H,26,28). The molecule has 9 heteroatoms. The van der Waals surface area contributed by atoms with Crippen LogP contribution in [0.5, 0.6) is 11.5 Å². The first-order valence-electron chi connectivity index (χ1n) is 10.3. The third-order valence-corrected chi connectivity index (χ3v) is 6.30. The first-order valence-corrected chi connectivity index (χ1v) is 12.1. The van der Waals surface area contributed by atoms with Crippen LogP contribution in [0.2, 0.25) is 0 Å². The molecule has 3 rings (SSSR count). The minimum Gasteiger partial charge on any atom is -0.494 e. The number of carbonyl (C=O) groups excluding carboxylic acids is 2. The SMILES string of the molecule is C=CCNC(=O)CSc1nc(-c2ccccc2)c(NC(=O)COc2ccc(OCC)cc2)s1. The van der Waals surface area contributed by atoms with Crippen molar-refractivity contribution < 1.29 is 19.1 Å². The second kappa shape index (κ2) is 12.7. The number of thiazole rings is 1. The fraction of sp³-hybridized carbons (Fsp3) is 0.208. The summed E-state index contributed by atoms with van der Waals surface area (Å²) in [5.74, 6) is 1.14. The van der Waals surface area contributed by atoms with Gasteiger partial charge in [-0.3, -0.25) is 9.59 Å². The van der Waals surface area contributed by atoms with Crippen LogP contribution in [0.1, 0.15) is 6.92 Å². The molecule has 0 aliphatic rings. The number of rotatable bonds is 12. The lowest BCUT2D eigenvalue weighted by atomic mass is 10.2. The highest BCUT2D eigenvalue weighted by Crippen LogP contribution is 2.37. The first kappa shape index (κ1) is 24.3. The zero-order chi connectivity index (χ0) is 23.5. The second-order valence-corrected chi connectivity index (χ2v) is 8.87. The van der Waals surface area contributed by atoms with Crippen molar-refractivity contribution in [3.63, 3.8) is 0 Å². The smallest absolute Gasteiger partial charge is 0.262 e. The summed E-state index contributed by atoms with van der Waals surface area (Å²) in [4.78, 5) is 29.1. The van der Waals surface area contributed by atoms with E-state index in [1.165, 1.54) is 23.1 Å². The summed E-state index contributed by atoms with van der Waals surface area (Å²) in [5.41, 5.74) is 1.53. The number of hydrogen-bond acceptors (Lipinski definition) is 7. The fourth-order valence-electron chi connectivity index (χ4n) is 2.71. The second-order valence-electron chi connectivity index (χ2n) is 6.65. The molecule has 0 aliphatic heterocycles. The molecule has 7 nitrogen and oxygen atoms in total. The first-order chi connectivity index (χ1) is 16.1. The van der Waals surface area contributed by atoms with E-state index in [1.807, 2.05) is 37.3 Å². The van der Waals surface area contributed by atoms with Crippen LogP contribution < -0.4 is 20.1 Å². The summed E-state index contributed by atoms with van der Waals surface area (Å²) in [6.45, 7) is 6.36. The number of amides is 2. The number of carbonyl (C=O) groups is 2. The van der Waals surface area contributed by atoms with Crippen LogP contribution in [-0.2, 0) is 9.59 Å². The van der Waals surface area contributed by atoms with E-state index in [4.69, 9.17) is 9.47 Å². The number of nitrogens with one attached hydrogen (secondary N) is 2. The maximum atomic E-state index is 12.6. The highest BCUT2D eigenvalue weighted by atomic mass is 32.2. The molecule has 0 unspecified atom stereocenters. The maximum Gasteiger partial charge on any atom is 0.262 e. The van der Waals surface area contributed by atoms with Crippen LogP contribution >= 0.6 is 23.1 Å². The van der Waals surface area contributed by atoms with Crippen molar-refractivity contribution in [2.45, 2.75) is 11.3 Å². The quantitative estimate of drug-likeness (QED) is 0.289. The normalized spacial score (nSPS) is 10.3. The number of benzene rings is 2. The summed E-state index contributed by atoms with van der Waals surface area (Å²) in [6.07, 6.45) is 1.63. The van der Waals surface area contributed by atoms with Crippen LogP contribution in [0.15, 0.2) is 71.6 Å². The molecular weight excluding hydrogens is 458 g/mol. The van der Waals surface area contributed by atoms with Gasteiger partial charge in [0.25, 0.3) is 5.91 Å². The Morgan fingerprint density at radius 2 is 1.76 bits per heavy atom. The predicted octanol–water partition coefficient (Wildman–Crippen LogP) is 4.62. The van der Waals surface area contributed by atoms with E-state index in [0.29, 0.717) is 33.9 Å². The molecule has 2 amide bonds. The molecule has 0 aliphatic carbocycles. The number of thioether (sulfide) groups is 1. The lowest BCUT2D eigenvalue weighted by molar-refractivity contribution is -0.119. The third kappa shape index (κ3) is 7.65. The van der Waals surface area contributed by atoms with E-state index in [2.05, 4.69) is 22.2 Å². The summed E-state index contributed by atoms with van der Waals surface area (Å²) >= 11 is 2.64. The van der Waals surface area contributed by atoms with Crippen molar-refractivity contribution in [3.05, 3.63) is 67.3 Å². The fourth-order valence-corrected chi connectivity index (χ4v) is 4.62. The van der Waals surface area contributed by atoms with Gasteiger partial charge < -0.3 is 20.1 Å². The van der Waals surface area contributed by atoms with Crippen LogP contribution in [0.25, 0.3) is 11.3 Å². The van der Waals surface area contributed by atoms with Crippen molar-refractivity contribution in [2.75, 3.05) is 30.8 Å². The number of hydrogen-bond donors (Lipinski definition) is 2. The van der Waals surface area contributed by atoms with Gasteiger partial charge in [-0.05, 0) is 31.2 Å². The summed E-state index contributed by atoms with van der Waals surface area (Å²) < 4.78 is 11.7. The number of nitrogens with zero attached hydrogens (tertiary/aromatic N) is 1. The van der Waals surface area contributed by atoms with E-state index >= 15 is 0 Å². The Morgan fingerprint density at radius 3 is 2.42 bits per heavy atom. The molecule has 3 aromatic rings. The van der Waals surface area contributed by atoms with Gasteiger partial charge in [-0.2, -0.15) is 0 Å². The summed E-state index contributed by atoms with van der Waals surface area (Å²) in [6, 6.07) is 16.7. The zero-order valence-corrected chi connectivity index (χ0v) is 19.8. The van der Waals surface area contributed by atoms with Gasteiger partial charge in [-0.1, -0.05) is 59.5 Å². The number of ether oxygens (including phenoxy) is 2. The molecule has 2 N–H and O–H groups in total. The van der Waals surface area contributed by atoms with Gasteiger partial charge in [0.1, 0.15) is 22.2 Å². The van der Waals surface area contributed by atoms with Crippen molar-refractivity contribution in [1.29, 1.82) is 0 Å². The lowest BCUT2D eigenvalue weighted by Crippen LogP contribution is -2.24. The number of aromatic nitrogens is 1. The average molecular weight is 484 g/mol. The molecule has 2 aromatic carbocycles. The average Bonchev–Trinajstić information content (AvgIpc) is 3.24.